The first-order valence-electron chi connectivity index (χ1n) is 5.15. The van der Waals surface area contributed by atoms with Crippen molar-refractivity contribution >= 4 is 17.9 Å². The van der Waals surface area contributed by atoms with Crippen molar-refractivity contribution in [1.29, 1.82) is 0 Å². The molecule has 0 saturated heterocycles. The lowest BCUT2D eigenvalue weighted by Crippen LogP contribution is -2.31. The summed E-state index contributed by atoms with van der Waals surface area (Å²) in [5.41, 5.74) is 2.05. The maximum absolute atomic E-state index is 11.7. The monoisotopic (exact) mass is 203 g/mol. The van der Waals surface area contributed by atoms with Crippen LogP contribution in [-0.2, 0) is 16.0 Å². The lowest BCUT2D eigenvalue weighted by molar-refractivity contribution is -0.119. The Bertz CT molecular complexity index is 387. The van der Waals surface area contributed by atoms with E-state index in [1.807, 2.05) is 24.3 Å². The molecule has 0 aromatic heterocycles. The molecule has 0 bridgehead atoms. The Balaban J connectivity index is 2.42. The van der Waals surface area contributed by atoms with Crippen LogP contribution in [-0.4, -0.2) is 18.7 Å². The Labute approximate surface area is 88.7 Å². The van der Waals surface area contributed by atoms with Crippen LogP contribution in [0.1, 0.15) is 18.4 Å². The van der Waals surface area contributed by atoms with E-state index < -0.39 is 0 Å². The van der Waals surface area contributed by atoms with Gasteiger partial charge >= 0.3 is 0 Å². The first kappa shape index (κ1) is 9.90. The molecule has 1 amide bonds. The third-order valence-corrected chi connectivity index (χ3v) is 2.68. The number of benzene rings is 1. The standard InChI is InChI=1S/C12H13NO2/c14-9-8-13-11-6-2-1-4-10(11)5-3-7-12(13)15/h1-2,4,6,9H,3,5,7-8H2. The van der Waals surface area contributed by atoms with E-state index in [1.165, 1.54) is 0 Å². The van der Waals surface area contributed by atoms with Crippen molar-refractivity contribution < 1.29 is 9.59 Å². The number of aldehydes is 1. The molecule has 1 heterocycles. The Morgan fingerprint density at radius 1 is 1.27 bits per heavy atom. The van der Waals surface area contributed by atoms with Gasteiger partial charge in [-0.15, -0.1) is 0 Å². The van der Waals surface area contributed by atoms with Gasteiger partial charge in [-0.3, -0.25) is 4.79 Å². The first-order chi connectivity index (χ1) is 7.33. The molecule has 1 aromatic carbocycles. The molecule has 1 aliphatic rings. The average Bonchev–Trinajstić information content (AvgIpc) is 2.40. The van der Waals surface area contributed by atoms with Gasteiger partial charge in [-0.25, -0.2) is 0 Å². The molecule has 0 N–H and O–H groups in total. The lowest BCUT2D eigenvalue weighted by atomic mass is 10.1. The maximum Gasteiger partial charge on any atom is 0.227 e. The quantitative estimate of drug-likeness (QED) is 0.684. The molecule has 78 valence electrons. The lowest BCUT2D eigenvalue weighted by Gasteiger charge is -2.20. The number of hydrogen-bond acceptors (Lipinski definition) is 2. The van der Waals surface area contributed by atoms with Gasteiger partial charge in [0, 0.05) is 12.1 Å². The minimum Gasteiger partial charge on any atom is -0.305 e. The number of fused-ring (bicyclic) bond motifs is 1. The van der Waals surface area contributed by atoms with Crippen molar-refractivity contribution in [2.75, 3.05) is 11.4 Å². The molecule has 15 heavy (non-hydrogen) atoms. The topological polar surface area (TPSA) is 37.4 Å². The summed E-state index contributed by atoms with van der Waals surface area (Å²) in [5.74, 6) is 0.0482. The zero-order valence-electron chi connectivity index (χ0n) is 8.48. The predicted molar refractivity (Wildman–Crippen MR) is 57.8 cm³/mol. The van der Waals surface area contributed by atoms with Crippen molar-refractivity contribution in [3.05, 3.63) is 29.8 Å². The molecule has 0 spiro atoms. The second-order valence-corrected chi connectivity index (χ2v) is 3.65. The molecule has 0 radical (unpaired) electrons. The van der Waals surface area contributed by atoms with Crippen molar-refractivity contribution in [2.24, 2.45) is 0 Å². The van der Waals surface area contributed by atoms with Gasteiger partial charge in [-0.1, -0.05) is 18.2 Å². The van der Waals surface area contributed by atoms with E-state index in [2.05, 4.69) is 0 Å². The van der Waals surface area contributed by atoms with Crippen LogP contribution < -0.4 is 4.90 Å². The molecule has 0 fully saturated rings. The molecule has 0 unspecified atom stereocenters. The minimum absolute atomic E-state index is 0.0482. The van der Waals surface area contributed by atoms with Crippen LogP contribution in [0, 0.1) is 0 Å². The maximum atomic E-state index is 11.7. The van der Waals surface area contributed by atoms with Crippen molar-refractivity contribution in [3.8, 4) is 0 Å². The summed E-state index contributed by atoms with van der Waals surface area (Å²) in [6.45, 7) is 0.163. The highest BCUT2D eigenvalue weighted by Crippen LogP contribution is 2.25. The van der Waals surface area contributed by atoms with Gasteiger partial charge in [0.15, 0.2) is 0 Å². The summed E-state index contributed by atoms with van der Waals surface area (Å²) in [4.78, 5) is 23.9. The number of nitrogens with zero attached hydrogens (tertiary/aromatic N) is 1. The Hall–Kier alpha value is -1.64. The highest BCUT2D eigenvalue weighted by atomic mass is 16.2. The van der Waals surface area contributed by atoms with Crippen LogP contribution in [0.25, 0.3) is 0 Å². The SMILES string of the molecule is O=CCN1C(=O)CCCc2ccccc21. The molecule has 2 rings (SSSR count). The number of anilines is 1. The molecule has 1 aliphatic heterocycles. The van der Waals surface area contributed by atoms with E-state index in [4.69, 9.17) is 0 Å². The molecule has 3 heteroatoms. The number of carbonyl (C=O) groups is 2. The molecule has 0 aliphatic carbocycles. The predicted octanol–water partition coefficient (Wildman–Crippen LogP) is 1.55. The Morgan fingerprint density at radius 2 is 2.07 bits per heavy atom. The molecule has 3 nitrogen and oxygen atoms in total. The summed E-state index contributed by atoms with van der Waals surface area (Å²) in [6.07, 6.45) is 3.09. The van der Waals surface area contributed by atoms with Crippen LogP contribution in [0.2, 0.25) is 0 Å². The minimum atomic E-state index is 0.0482. The number of aryl methyl sites for hydroxylation is 1. The van der Waals surface area contributed by atoms with Gasteiger partial charge in [0.05, 0.1) is 6.54 Å². The number of carbonyl (C=O) groups excluding carboxylic acids is 2. The van der Waals surface area contributed by atoms with E-state index in [0.717, 1.165) is 30.4 Å². The number of hydrogen-bond donors (Lipinski definition) is 0. The summed E-state index contributed by atoms with van der Waals surface area (Å²) in [5, 5.41) is 0. The van der Waals surface area contributed by atoms with Gasteiger partial charge in [0.25, 0.3) is 0 Å². The average molecular weight is 203 g/mol. The highest BCUT2D eigenvalue weighted by molar-refractivity contribution is 5.97. The van der Waals surface area contributed by atoms with Gasteiger partial charge < -0.3 is 9.69 Å². The van der Waals surface area contributed by atoms with Gasteiger partial charge in [-0.2, -0.15) is 0 Å². The summed E-state index contributed by atoms with van der Waals surface area (Å²) in [7, 11) is 0. The Morgan fingerprint density at radius 3 is 2.87 bits per heavy atom. The number of amides is 1. The molecular weight excluding hydrogens is 190 g/mol. The molecule has 0 saturated carbocycles. The van der Waals surface area contributed by atoms with Crippen LogP contribution in [0.5, 0.6) is 0 Å². The van der Waals surface area contributed by atoms with Crippen LogP contribution >= 0.6 is 0 Å². The fourth-order valence-corrected chi connectivity index (χ4v) is 1.96. The normalized spacial score (nSPS) is 15.7. The largest absolute Gasteiger partial charge is 0.305 e. The second kappa shape index (κ2) is 4.26. The first-order valence-corrected chi connectivity index (χ1v) is 5.15. The third kappa shape index (κ3) is 1.91. The highest BCUT2D eigenvalue weighted by Gasteiger charge is 2.20. The second-order valence-electron chi connectivity index (χ2n) is 3.65. The smallest absolute Gasteiger partial charge is 0.227 e. The summed E-state index contributed by atoms with van der Waals surface area (Å²) >= 11 is 0. The van der Waals surface area contributed by atoms with E-state index in [9.17, 15) is 9.59 Å². The fraction of sp³-hybridized carbons (Fsp3) is 0.333. The third-order valence-electron chi connectivity index (χ3n) is 2.68. The fourth-order valence-electron chi connectivity index (χ4n) is 1.96. The van der Waals surface area contributed by atoms with Gasteiger partial charge in [0.2, 0.25) is 5.91 Å². The van der Waals surface area contributed by atoms with E-state index in [0.29, 0.717) is 6.42 Å². The van der Waals surface area contributed by atoms with Crippen molar-refractivity contribution in [2.45, 2.75) is 19.3 Å². The number of rotatable bonds is 2. The number of para-hydroxylation sites is 1. The Kier molecular flexibility index (Phi) is 2.81. The zero-order chi connectivity index (χ0) is 10.7. The zero-order valence-corrected chi connectivity index (χ0v) is 8.48. The van der Waals surface area contributed by atoms with Crippen molar-refractivity contribution in [3.63, 3.8) is 0 Å². The molecule has 1 aromatic rings. The van der Waals surface area contributed by atoms with Gasteiger partial charge in [-0.05, 0) is 24.5 Å². The van der Waals surface area contributed by atoms with Crippen LogP contribution in [0.4, 0.5) is 5.69 Å². The van der Waals surface area contributed by atoms with E-state index in [-0.39, 0.29) is 12.5 Å². The van der Waals surface area contributed by atoms with Crippen molar-refractivity contribution in [1.82, 2.24) is 0 Å². The van der Waals surface area contributed by atoms with E-state index in [1.54, 1.807) is 4.90 Å². The summed E-state index contributed by atoms with van der Waals surface area (Å²) in [6, 6.07) is 7.79. The summed E-state index contributed by atoms with van der Waals surface area (Å²) < 4.78 is 0. The molecular formula is C12H13NO2. The van der Waals surface area contributed by atoms with Gasteiger partial charge in [0.1, 0.15) is 6.29 Å². The van der Waals surface area contributed by atoms with Crippen LogP contribution in [0.3, 0.4) is 0 Å². The van der Waals surface area contributed by atoms with Crippen LogP contribution in [0.15, 0.2) is 24.3 Å². The molecule has 0 atom stereocenters. The van der Waals surface area contributed by atoms with E-state index >= 15 is 0 Å².